The fraction of sp³-hybridized carbons (Fsp3) is 0.143. The number of benzene rings is 2. The summed E-state index contributed by atoms with van der Waals surface area (Å²) in [4.78, 5) is 16.4. The highest BCUT2D eigenvalue weighted by Crippen LogP contribution is 2.31. The van der Waals surface area contributed by atoms with Crippen molar-refractivity contribution in [2.75, 3.05) is 5.32 Å². The molecule has 1 unspecified atom stereocenters. The van der Waals surface area contributed by atoms with E-state index in [1.165, 1.54) is 30.5 Å². The summed E-state index contributed by atoms with van der Waals surface area (Å²) >= 11 is 0. The molecule has 1 heterocycles. The molecule has 0 aliphatic carbocycles. The van der Waals surface area contributed by atoms with Crippen LogP contribution in [0.25, 0.3) is 0 Å². The largest absolute Gasteiger partial charge is 0.416 e. The number of anilines is 1. The third kappa shape index (κ3) is 5.61. The zero-order valence-corrected chi connectivity index (χ0v) is 15.1. The number of nitrogens with zero attached hydrogens (tertiary/aromatic N) is 1. The lowest BCUT2D eigenvalue weighted by molar-refractivity contribution is -0.137. The summed E-state index contributed by atoms with van der Waals surface area (Å²) in [7, 11) is 0. The van der Waals surface area contributed by atoms with Crippen molar-refractivity contribution in [3.63, 3.8) is 0 Å². The van der Waals surface area contributed by atoms with Gasteiger partial charge in [0, 0.05) is 18.4 Å². The van der Waals surface area contributed by atoms with Gasteiger partial charge in [0.15, 0.2) is 0 Å². The lowest BCUT2D eigenvalue weighted by Gasteiger charge is -2.19. The summed E-state index contributed by atoms with van der Waals surface area (Å²) < 4.78 is 51.7. The van der Waals surface area contributed by atoms with E-state index in [9.17, 15) is 22.4 Å². The average Bonchev–Trinajstić information content (AvgIpc) is 2.70. The second kappa shape index (κ2) is 8.83. The van der Waals surface area contributed by atoms with Crippen LogP contribution in [0.5, 0.6) is 0 Å². The molecule has 0 saturated carbocycles. The van der Waals surface area contributed by atoms with Crippen molar-refractivity contribution in [1.82, 2.24) is 10.3 Å². The number of pyridine rings is 1. The van der Waals surface area contributed by atoms with Crippen molar-refractivity contribution in [2.45, 2.75) is 18.8 Å². The van der Waals surface area contributed by atoms with Gasteiger partial charge in [-0.05, 0) is 35.4 Å². The van der Waals surface area contributed by atoms with Gasteiger partial charge in [-0.1, -0.05) is 42.5 Å². The molecule has 0 saturated heterocycles. The molecular formula is C21H17F4N3O. The first-order valence-corrected chi connectivity index (χ1v) is 8.70. The number of alkyl halides is 3. The van der Waals surface area contributed by atoms with Crippen LogP contribution in [0.1, 0.15) is 22.7 Å². The topological polar surface area (TPSA) is 54.0 Å². The van der Waals surface area contributed by atoms with Crippen molar-refractivity contribution < 1.29 is 22.4 Å². The Balaban J connectivity index is 1.78. The molecule has 0 aliphatic heterocycles. The molecular weight excluding hydrogens is 386 g/mol. The summed E-state index contributed by atoms with van der Waals surface area (Å²) in [5.41, 5.74) is 0.471. The molecule has 2 N–H and O–H groups in total. The van der Waals surface area contributed by atoms with Crippen LogP contribution in [0.3, 0.4) is 0 Å². The van der Waals surface area contributed by atoms with E-state index in [0.717, 1.165) is 12.1 Å². The molecule has 4 nitrogen and oxygen atoms in total. The van der Waals surface area contributed by atoms with E-state index in [0.29, 0.717) is 11.1 Å². The highest BCUT2D eigenvalue weighted by molar-refractivity contribution is 5.95. The Morgan fingerprint density at radius 1 is 1.00 bits per heavy atom. The Morgan fingerprint density at radius 2 is 1.76 bits per heavy atom. The fourth-order valence-corrected chi connectivity index (χ4v) is 2.73. The number of amides is 1. The van der Waals surface area contributed by atoms with Crippen LogP contribution in [-0.2, 0) is 17.5 Å². The Kier molecular flexibility index (Phi) is 6.23. The van der Waals surface area contributed by atoms with Gasteiger partial charge < -0.3 is 5.32 Å². The van der Waals surface area contributed by atoms with E-state index in [4.69, 9.17) is 0 Å². The zero-order chi connectivity index (χ0) is 20.9. The van der Waals surface area contributed by atoms with Gasteiger partial charge >= 0.3 is 6.18 Å². The van der Waals surface area contributed by atoms with Gasteiger partial charge in [0.2, 0.25) is 11.9 Å². The Morgan fingerprint density at radius 3 is 2.41 bits per heavy atom. The van der Waals surface area contributed by atoms with Crippen LogP contribution < -0.4 is 10.6 Å². The molecule has 0 bridgehead atoms. The second-order valence-electron chi connectivity index (χ2n) is 6.28. The van der Waals surface area contributed by atoms with Crippen molar-refractivity contribution in [1.29, 1.82) is 0 Å². The SMILES string of the molecule is O=C(Nc1cccc(C(F)(F)F)c1)C(NCc1ccc(F)nc1)c1ccccc1. The molecule has 1 atom stereocenters. The molecule has 2 aromatic carbocycles. The quantitative estimate of drug-likeness (QED) is 0.463. The van der Waals surface area contributed by atoms with Gasteiger partial charge in [0.05, 0.1) is 5.56 Å². The van der Waals surface area contributed by atoms with Gasteiger partial charge in [0.25, 0.3) is 0 Å². The summed E-state index contributed by atoms with van der Waals surface area (Å²) in [6.45, 7) is 0.211. The Hall–Kier alpha value is -3.26. The zero-order valence-electron chi connectivity index (χ0n) is 15.1. The van der Waals surface area contributed by atoms with Gasteiger partial charge in [-0.3, -0.25) is 10.1 Å². The second-order valence-corrected chi connectivity index (χ2v) is 6.28. The highest BCUT2D eigenvalue weighted by Gasteiger charge is 2.30. The third-order valence-electron chi connectivity index (χ3n) is 4.15. The molecule has 3 rings (SSSR count). The maximum absolute atomic E-state index is 13.0. The molecule has 0 fully saturated rings. The molecule has 1 amide bonds. The van der Waals surface area contributed by atoms with Crippen LogP contribution in [0.15, 0.2) is 72.9 Å². The van der Waals surface area contributed by atoms with E-state index < -0.39 is 29.6 Å². The third-order valence-corrected chi connectivity index (χ3v) is 4.15. The van der Waals surface area contributed by atoms with Gasteiger partial charge in [-0.15, -0.1) is 0 Å². The first-order valence-electron chi connectivity index (χ1n) is 8.70. The van der Waals surface area contributed by atoms with Crippen molar-refractivity contribution in [3.05, 3.63) is 95.6 Å². The first kappa shape index (κ1) is 20.5. The molecule has 1 aromatic heterocycles. The lowest BCUT2D eigenvalue weighted by atomic mass is 10.1. The van der Waals surface area contributed by atoms with Crippen molar-refractivity contribution in [2.24, 2.45) is 0 Å². The predicted octanol–water partition coefficient (Wildman–Crippen LogP) is 4.71. The monoisotopic (exact) mass is 403 g/mol. The predicted molar refractivity (Wildman–Crippen MR) is 100 cm³/mol. The van der Waals surface area contributed by atoms with Gasteiger partial charge in [-0.2, -0.15) is 17.6 Å². The summed E-state index contributed by atoms with van der Waals surface area (Å²) in [6.07, 6.45) is -3.16. The molecule has 0 radical (unpaired) electrons. The molecule has 3 aromatic rings. The maximum Gasteiger partial charge on any atom is 0.416 e. The van der Waals surface area contributed by atoms with Gasteiger partial charge in [-0.25, -0.2) is 4.98 Å². The first-order chi connectivity index (χ1) is 13.8. The van der Waals surface area contributed by atoms with E-state index in [1.54, 1.807) is 30.3 Å². The van der Waals surface area contributed by atoms with E-state index in [1.807, 2.05) is 0 Å². The van der Waals surface area contributed by atoms with Crippen LogP contribution in [0.2, 0.25) is 0 Å². The maximum atomic E-state index is 13.0. The van der Waals surface area contributed by atoms with Crippen LogP contribution in [-0.4, -0.2) is 10.9 Å². The van der Waals surface area contributed by atoms with E-state index in [2.05, 4.69) is 15.6 Å². The number of hydrogen-bond acceptors (Lipinski definition) is 3. The normalized spacial score (nSPS) is 12.4. The summed E-state index contributed by atoms with van der Waals surface area (Å²) in [6, 6.07) is 15.1. The molecule has 150 valence electrons. The fourth-order valence-electron chi connectivity index (χ4n) is 2.73. The van der Waals surface area contributed by atoms with Crippen LogP contribution in [0.4, 0.5) is 23.2 Å². The minimum absolute atomic E-state index is 0.0380. The standard InChI is InChI=1S/C21H17F4N3O/c22-18-10-9-14(12-26-18)13-27-19(15-5-2-1-3-6-15)20(29)28-17-8-4-7-16(11-17)21(23,24)25/h1-12,19,27H,13H2,(H,28,29). The minimum Gasteiger partial charge on any atom is -0.324 e. The van der Waals surface area contributed by atoms with Crippen molar-refractivity contribution >= 4 is 11.6 Å². The lowest BCUT2D eigenvalue weighted by Crippen LogP contribution is -2.32. The van der Waals surface area contributed by atoms with Crippen molar-refractivity contribution in [3.8, 4) is 0 Å². The number of rotatable bonds is 6. The number of nitrogens with one attached hydrogen (secondary N) is 2. The number of aromatic nitrogens is 1. The number of halogens is 4. The Bertz CT molecular complexity index is 960. The van der Waals surface area contributed by atoms with Crippen LogP contribution >= 0.6 is 0 Å². The molecule has 29 heavy (non-hydrogen) atoms. The smallest absolute Gasteiger partial charge is 0.324 e. The van der Waals surface area contributed by atoms with Crippen LogP contribution in [0, 0.1) is 5.95 Å². The molecule has 0 aliphatic rings. The summed E-state index contributed by atoms with van der Waals surface area (Å²) in [5, 5.41) is 5.56. The van der Waals surface area contributed by atoms with E-state index in [-0.39, 0.29) is 12.2 Å². The van der Waals surface area contributed by atoms with E-state index >= 15 is 0 Å². The Labute approximate surface area is 164 Å². The average molecular weight is 403 g/mol. The summed E-state index contributed by atoms with van der Waals surface area (Å²) in [5.74, 6) is -1.14. The van der Waals surface area contributed by atoms with Gasteiger partial charge in [0.1, 0.15) is 6.04 Å². The molecule has 8 heteroatoms. The number of hydrogen-bond donors (Lipinski definition) is 2. The molecule has 0 spiro atoms. The minimum atomic E-state index is -4.51. The highest BCUT2D eigenvalue weighted by atomic mass is 19.4. The number of carbonyl (C=O) groups is 1. The number of carbonyl (C=O) groups excluding carboxylic acids is 1.